The molecule has 1 N–H and O–H groups in total. The lowest BCUT2D eigenvalue weighted by Gasteiger charge is -2.59. The molecular weight excluding hydrogens is 254 g/mol. The zero-order valence-electron chi connectivity index (χ0n) is 11.9. The van der Waals surface area contributed by atoms with E-state index in [1.54, 1.807) is 0 Å². The molecule has 0 radical (unpaired) electrons. The number of carbonyl (C=O) groups is 2. The van der Waals surface area contributed by atoms with Crippen molar-refractivity contribution in [3.8, 4) is 0 Å². The summed E-state index contributed by atoms with van der Waals surface area (Å²) in [5.41, 5.74) is 0.250. The van der Waals surface area contributed by atoms with Crippen molar-refractivity contribution in [2.24, 2.45) is 23.2 Å². The maximum atomic E-state index is 11.8. The van der Waals surface area contributed by atoms with Gasteiger partial charge >= 0.3 is 0 Å². The van der Waals surface area contributed by atoms with E-state index in [-0.39, 0.29) is 17.4 Å². The molecule has 4 nitrogen and oxygen atoms in total. The molecule has 0 heterocycles. The third-order valence-corrected chi connectivity index (χ3v) is 5.73. The first kappa shape index (κ1) is 13.7. The van der Waals surface area contributed by atoms with Gasteiger partial charge in [0, 0.05) is 12.1 Å². The van der Waals surface area contributed by atoms with Crippen molar-refractivity contribution >= 4 is 11.9 Å². The minimum Gasteiger partial charge on any atom is -0.545 e. The van der Waals surface area contributed by atoms with Gasteiger partial charge in [-0.25, -0.2) is 0 Å². The summed E-state index contributed by atoms with van der Waals surface area (Å²) < 4.78 is 0. The van der Waals surface area contributed by atoms with E-state index < -0.39 is 5.97 Å². The number of hydrogen-bond acceptors (Lipinski definition) is 3. The van der Waals surface area contributed by atoms with Crippen molar-refractivity contribution in [2.75, 3.05) is 0 Å². The highest BCUT2D eigenvalue weighted by atomic mass is 16.4. The van der Waals surface area contributed by atoms with Crippen molar-refractivity contribution < 1.29 is 14.7 Å². The zero-order valence-corrected chi connectivity index (χ0v) is 11.9. The number of carboxylic acids is 1. The first-order valence-electron chi connectivity index (χ1n) is 7.66. The van der Waals surface area contributed by atoms with Gasteiger partial charge in [-0.3, -0.25) is 4.79 Å². The Kier molecular flexibility index (Phi) is 3.35. The summed E-state index contributed by atoms with van der Waals surface area (Å²) in [6.07, 6.45) is 9.67. The third-order valence-electron chi connectivity index (χ3n) is 5.73. The quantitative estimate of drug-likeness (QED) is 0.779. The van der Waals surface area contributed by atoms with E-state index in [2.05, 4.69) is 12.2 Å². The minimum absolute atomic E-state index is 0.120. The van der Waals surface area contributed by atoms with E-state index in [1.807, 2.05) is 0 Å². The van der Waals surface area contributed by atoms with Gasteiger partial charge in [-0.05, 0) is 74.7 Å². The minimum atomic E-state index is -1.33. The molecule has 4 saturated carbocycles. The third kappa shape index (κ3) is 2.48. The number of carbonyl (C=O) groups excluding carboxylic acids is 2. The second-order valence-electron chi connectivity index (χ2n) is 7.16. The lowest BCUT2D eigenvalue weighted by Crippen LogP contribution is -2.55. The highest BCUT2D eigenvalue weighted by Gasteiger charge is 2.53. The lowest BCUT2D eigenvalue weighted by atomic mass is 9.48. The molecule has 4 rings (SSSR count). The highest BCUT2D eigenvalue weighted by Crippen LogP contribution is 2.61. The molecule has 0 aromatic rings. The van der Waals surface area contributed by atoms with Crippen LogP contribution in [0.15, 0.2) is 12.2 Å². The monoisotopic (exact) mass is 276 g/mol. The summed E-state index contributed by atoms with van der Waals surface area (Å²) in [5.74, 6) is 0.887. The van der Waals surface area contributed by atoms with Crippen molar-refractivity contribution in [1.29, 1.82) is 0 Å². The van der Waals surface area contributed by atoms with Crippen LogP contribution in [0.1, 0.15) is 45.4 Å². The van der Waals surface area contributed by atoms with Crippen LogP contribution in [0.4, 0.5) is 0 Å². The molecule has 4 aliphatic carbocycles. The van der Waals surface area contributed by atoms with Gasteiger partial charge in [0.05, 0.1) is 5.97 Å². The lowest BCUT2D eigenvalue weighted by molar-refractivity contribution is -0.297. The summed E-state index contributed by atoms with van der Waals surface area (Å²) in [4.78, 5) is 22.1. The molecule has 4 bridgehead atoms. The maximum Gasteiger partial charge on any atom is 0.244 e. The van der Waals surface area contributed by atoms with Crippen LogP contribution in [0, 0.1) is 23.2 Å². The zero-order chi connectivity index (χ0) is 14.3. The van der Waals surface area contributed by atoms with Crippen molar-refractivity contribution in [3.05, 3.63) is 12.2 Å². The van der Waals surface area contributed by atoms with Gasteiger partial charge in [0.15, 0.2) is 0 Å². The molecule has 0 spiro atoms. The van der Waals surface area contributed by atoms with Crippen LogP contribution < -0.4 is 10.4 Å². The Balaban J connectivity index is 1.66. The molecule has 4 aliphatic rings. The van der Waals surface area contributed by atoms with Crippen LogP contribution in [-0.2, 0) is 9.59 Å². The predicted molar refractivity (Wildman–Crippen MR) is 72.4 cm³/mol. The van der Waals surface area contributed by atoms with E-state index in [0.29, 0.717) is 0 Å². The van der Waals surface area contributed by atoms with Crippen LogP contribution in [0.3, 0.4) is 0 Å². The average molecular weight is 276 g/mol. The molecule has 20 heavy (non-hydrogen) atoms. The van der Waals surface area contributed by atoms with Gasteiger partial charge in [0.2, 0.25) is 5.91 Å². The Morgan fingerprint density at radius 3 is 2.05 bits per heavy atom. The van der Waals surface area contributed by atoms with Crippen LogP contribution in [0.25, 0.3) is 0 Å². The SMILES string of the molecule is CC(NC(=O)/C=C/C(=O)[O-])C12CC3CC(CC(C3)C1)C2. The Morgan fingerprint density at radius 2 is 1.60 bits per heavy atom. The van der Waals surface area contributed by atoms with Gasteiger partial charge in [-0.1, -0.05) is 0 Å². The number of nitrogens with one attached hydrogen (secondary N) is 1. The fourth-order valence-electron chi connectivity index (χ4n) is 5.27. The number of aliphatic carboxylic acids is 1. The van der Waals surface area contributed by atoms with E-state index in [1.165, 1.54) is 38.5 Å². The molecule has 0 aromatic carbocycles. The number of hydrogen-bond donors (Lipinski definition) is 1. The topological polar surface area (TPSA) is 69.2 Å². The van der Waals surface area contributed by atoms with Gasteiger partial charge in [0.25, 0.3) is 0 Å². The van der Waals surface area contributed by atoms with Gasteiger partial charge in [-0.15, -0.1) is 0 Å². The summed E-state index contributed by atoms with van der Waals surface area (Å²) in [6.45, 7) is 2.08. The van der Waals surface area contributed by atoms with Crippen LogP contribution in [0.5, 0.6) is 0 Å². The number of rotatable bonds is 4. The fourth-order valence-corrected chi connectivity index (χ4v) is 5.27. The second-order valence-corrected chi connectivity index (χ2v) is 7.16. The Labute approximate surface area is 119 Å². The summed E-state index contributed by atoms with van der Waals surface area (Å²) in [5, 5.41) is 13.3. The number of amides is 1. The van der Waals surface area contributed by atoms with Gasteiger partial charge in [-0.2, -0.15) is 0 Å². The van der Waals surface area contributed by atoms with Crippen LogP contribution >= 0.6 is 0 Å². The summed E-state index contributed by atoms with van der Waals surface area (Å²) >= 11 is 0. The summed E-state index contributed by atoms with van der Waals surface area (Å²) in [7, 11) is 0. The van der Waals surface area contributed by atoms with E-state index in [0.717, 1.165) is 29.9 Å². The normalized spacial score (nSPS) is 40.0. The summed E-state index contributed by atoms with van der Waals surface area (Å²) in [6, 6.07) is 0.120. The van der Waals surface area contributed by atoms with E-state index in [9.17, 15) is 14.7 Å². The first-order chi connectivity index (χ1) is 9.47. The van der Waals surface area contributed by atoms with Crippen LogP contribution in [0.2, 0.25) is 0 Å². The van der Waals surface area contributed by atoms with E-state index >= 15 is 0 Å². The van der Waals surface area contributed by atoms with Crippen molar-refractivity contribution in [1.82, 2.24) is 5.32 Å². The van der Waals surface area contributed by atoms with Crippen LogP contribution in [-0.4, -0.2) is 17.9 Å². The molecule has 1 unspecified atom stereocenters. The van der Waals surface area contributed by atoms with E-state index in [4.69, 9.17) is 0 Å². The van der Waals surface area contributed by atoms with Crippen molar-refractivity contribution in [3.63, 3.8) is 0 Å². The molecule has 1 amide bonds. The smallest absolute Gasteiger partial charge is 0.244 e. The molecule has 1 atom stereocenters. The molecule has 0 aliphatic heterocycles. The molecule has 4 heteroatoms. The van der Waals surface area contributed by atoms with Gasteiger partial charge in [0.1, 0.15) is 0 Å². The molecule has 110 valence electrons. The Morgan fingerprint density at radius 1 is 1.10 bits per heavy atom. The average Bonchev–Trinajstić information content (AvgIpc) is 2.34. The van der Waals surface area contributed by atoms with Gasteiger partial charge < -0.3 is 15.2 Å². The standard InChI is InChI=1S/C16H23NO3/c1-10(17-14(18)2-3-15(19)20)16-7-11-4-12(8-16)6-13(5-11)9-16/h2-3,10-13H,4-9H2,1H3,(H,17,18)(H,19,20)/p-1/b3-2+. The largest absolute Gasteiger partial charge is 0.545 e. The molecule has 0 saturated heterocycles. The second kappa shape index (κ2) is 4.90. The first-order valence-corrected chi connectivity index (χ1v) is 7.66. The highest BCUT2D eigenvalue weighted by molar-refractivity contribution is 5.93. The molecule has 0 aromatic heterocycles. The Hall–Kier alpha value is -1.32. The predicted octanol–water partition coefficient (Wildman–Crippen LogP) is 1.01. The van der Waals surface area contributed by atoms with Crippen molar-refractivity contribution in [2.45, 2.75) is 51.5 Å². The maximum absolute atomic E-state index is 11.8. The fraction of sp³-hybridized carbons (Fsp3) is 0.750. The molecule has 4 fully saturated rings. The Bertz CT molecular complexity index is 419. The molecular formula is C16H22NO3-. The number of carboxylic acid groups (broad SMARTS) is 1.